The summed E-state index contributed by atoms with van der Waals surface area (Å²) in [7, 11) is 0. The zero-order valence-electron chi connectivity index (χ0n) is 33.9. The molecule has 0 radical (unpaired) electrons. The smallest absolute Gasteiger partial charge is 0.182 e. The Labute approximate surface area is 341 Å². The summed E-state index contributed by atoms with van der Waals surface area (Å²) in [6.45, 7) is 1.42. The average Bonchev–Trinajstić information content (AvgIpc) is 4.12. The first-order chi connectivity index (χ1) is 28.2. The Kier molecular flexibility index (Phi) is 7.34. The molecule has 8 aliphatic carbocycles. The summed E-state index contributed by atoms with van der Waals surface area (Å²) in [5.41, 5.74) is 8.69. The molecule has 3 heteroatoms. The topological polar surface area (TPSA) is 9.23 Å². The van der Waals surface area contributed by atoms with Gasteiger partial charge < -0.3 is 4.74 Å². The van der Waals surface area contributed by atoms with Crippen LogP contribution in [0.15, 0.2) is 84.9 Å². The summed E-state index contributed by atoms with van der Waals surface area (Å²) in [6, 6.07) is 34.1. The summed E-state index contributed by atoms with van der Waals surface area (Å²) in [5.74, 6) is 13.4. The maximum absolute atomic E-state index is 7.24. The predicted molar refractivity (Wildman–Crippen MR) is 240 cm³/mol. The fourth-order valence-corrected chi connectivity index (χ4v) is 17.5. The number of ether oxygens (including phenoxy) is 1. The largest absolute Gasteiger partial charge is 0.456 e. The SMILES string of the molecule is c1ccc(-c2c3c4c(cccc4c4cc(B(C5CC6CCC5C6)C5CC6CCC5C6)ccc24)Oc2cc(B(C4CC5CCC4C5)C4CC5CCC4C5)ccc2-3)cc1. The van der Waals surface area contributed by atoms with E-state index in [4.69, 9.17) is 4.74 Å². The van der Waals surface area contributed by atoms with Gasteiger partial charge in [-0.05, 0) is 112 Å². The molecule has 9 aliphatic rings. The Morgan fingerprint density at radius 2 is 0.947 bits per heavy atom. The summed E-state index contributed by atoms with van der Waals surface area (Å²) >= 11 is 0. The predicted octanol–water partition coefficient (Wildman–Crippen LogP) is 13.6. The molecule has 0 saturated heterocycles. The molecule has 8 saturated carbocycles. The van der Waals surface area contributed by atoms with E-state index in [2.05, 4.69) is 84.9 Å². The summed E-state index contributed by atoms with van der Waals surface area (Å²) in [4.78, 5) is 0. The molecular formula is C54H58B2O. The van der Waals surface area contributed by atoms with Gasteiger partial charge in [0, 0.05) is 16.5 Å². The van der Waals surface area contributed by atoms with Crippen molar-refractivity contribution in [3.63, 3.8) is 0 Å². The van der Waals surface area contributed by atoms with Crippen LogP contribution in [0.1, 0.15) is 103 Å². The van der Waals surface area contributed by atoms with E-state index in [0.717, 1.165) is 88.8 Å². The number of fused-ring (bicyclic) bond motifs is 12. The molecule has 0 amide bonds. The highest BCUT2D eigenvalue weighted by atomic mass is 16.5. The molecule has 0 spiro atoms. The van der Waals surface area contributed by atoms with Gasteiger partial charge in [0.1, 0.15) is 11.5 Å². The van der Waals surface area contributed by atoms with Gasteiger partial charge in [-0.15, -0.1) is 0 Å². The van der Waals surface area contributed by atoms with E-state index in [1.54, 1.807) is 10.9 Å². The third-order valence-electron chi connectivity index (χ3n) is 19.5. The molecule has 1 nitrogen and oxygen atoms in total. The fraction of sp³-hybridized carbons (Fsp3) is 0.519. The summed E-state index contributed by atoms with van der Waals surface area (Å²) in [6.07, 6.45) is 23.8. The van der Waals surface area contributed by atoms with Crippen molar-refractivity contribution in [3.05, 3.63) is 84.9 Å². The Bertz CT molecular complexity index is 2380. The molecule has 0 N–H and O–H groups in total. The maximum atomic E-state index is 7.24. The first-order valence-corrected chi connectivity index (χ1v) is 24.1. The van der Waals surface area contributed by atoms with Crippen molar-refractivity contribution in [3.8, 4) is 33.8 Å². The number of hydrogen-bond donors (Lipinski definition) is 0. The van der Waals surface area contributed by atoms with Crippen molar-refractivity contribution >= 4 is 45.9 Å². The lowest BCUT2D eigenvalue weighted by molar-refractivity contribution is 0.441. The van der Waals surface area contributed by atoms with Gasteiger partial charge in [-0.1, -0.05) is 184 Å². The lowest BCUT2D eigenvalue weighted by Crippen LogP contribution is -2.43. The maximum Gasteiger partial charge on any atom is 0.182 e. The number of rotatable bonds is 7. The van der Waals surface area contributed by atoms with Gasteiger partial charge in [0.05, 0.1) is 0 Å². The van der Waals surface area contributed by atoms with E-state index < -0.39 is 0 Å². The van der Waals surface area contributed by atoms with Crippen molar-refractivity contribution < 1.29 is 4.74 Å². The normalized spacial score (nSPS) is 36.1. The second kappa shape index (κ2) is 12.5. The minimum atomic E-state index is 0.698. The molecule has 0 aromatic heterocycles. The van der Waals surface area contributed by atoms with E-state index in [-0.39, 0.29) is 0 Å². The first kappa shape index (κ1) is 33.4. The molecule has 5 aromatic rings. The lowest BCUT2D eigenvalue weighted by atomic mass is 9.27. The molecule has 5 aromatic carbocycles. The quantitative estimate of drug-likeness (QED) is 0.117. The Morgan fingerprint density at radius 1 is 0.404 bits per heavy atom. The van der Waals surface area contributed by atoms with E-state index in [1.807, 2.05) is 0 Å². The Hall–Kier alpha value is -3.45. The van der Waals surface area contributed by atoms with Crippen LogP contribution >= 0.6 is 0 Å². The first-order valence-electron chi connectivity index (χ1n) is 24.1. The molecule has 8 fully saturated rings. The molecule has 286 valence electrons. The summed E-state index contributed by atoms with van der Waals surface area (Å²) < 4.78 is 7.24. The molecule has 1 aliphatic heterocycles. The van der Waals surface area contributed by atoms with Gasteiger partial charge in [0.15, 0.2) is 13.4 Å². The summed E-state index contributed by atoms with van der Waals surface area (Å²) in [5, 5.41) is 5.58. The second-order valence-electron chi connectivity index (χ2n) is 21.9. The van der Waals surface area contributed by atoms with Crippen LogP contribution < -0.4 is 15.7 Å². The highest BCUT2D eigenvalue weighted by molar-refractivity contribution is 6.77. The van der Waals surface area contributed by atoms with Gasteiger partial charge in [-0.2, -0.15) is 0 Å². The van der Waals surface area contributed by atoms with Crippen molar-refractivity contribution in [1.29, 1.82) is 0 Å². The van der Waals surface area contributed by atoms with E-state index in [9.17, 15) is 0 Å². The van der Waals surface area contributed by atoms with E-state index >= 15 is 0 Å². The molecule has 8 bridgehead atoms. The van der Waals surface area contributed by atoms with Gasteiger partial charge in [0.25, 0.3) is 0 Å². The van der Waals surface area contributed by atoms with E-state index in [0.29, 0.717) is 6.71 Å². The monoisotopic (exact) mass is 744 g/mol. The Morgan fingerprint density at radius 3 is 1.47 bits per heavy atom. The molecule has 12 unspecified atom stereocenters. The third-order valence-corrected chi connectivity index (χ3v) is 19.5. The van der Waals surface area contributed by atoms with Crippen LogP contribution in [0.4, 0.5) is 0 Å². The van der Waals surface area contributed by atoms with E-state index in [1.165, 1.54) is 147 Å². The van der Waals surface area contributed by atoms with Crippen LogP contribution in [-0.4, -0.2) is 13.4 Å². The van der Waals surface area contributed by atoms with Crippen LogP contribution in [0.25, 0.3) is 43.8 Å². The fourth-order valence-electron chi connectivity index (χ4n) is 17.5. The standard InChI is InChI=1S/C54H58B2O/c1-2-5-35(6-3-1)52-43-19-17-40(55(46-25-31-9-13-36(46)21-31)47-26-32-10-14-37(47)22-32)29-45(43)42-7-4-8-50-53(42)54(52)44-20-18-41(30-51(44)57-50)56(48-27-33-11-15-38(48)23-33)49-28-34-12-16-39(49)24-34/h1-8,17-20,29-34,36-39,46-49H,9-16,21-28H2. The second-order valence-corrected chi connectivity index (χ2v) is 21.9. The molecule has 12 atom stereocenters. The molecule has 14 rings (SSSR count). The van der Waals surface area contributed by atoms with Crippen molar-refractivity contribution in [2.45, 2.75) is 126 Å². The van der Waals surface area contributed by atoms with Crippen molar-refractivity contribution in [2.24, 2.45) is 47.3 Å². The van der Waals surface area contributed by atoms with Crippen LogP contribution in [0.2, 0.25) is 23.3 Å². The highest BCUT2D eigenvalue weighted by Gasteiger charge is 2.54. The minimum Gasteiger partial charge on any atom is -0.456 e. The van der Waals surface area contributed by atoms with Crippen LogP contribution in [0, 0.1) is 47.3 Å². The lowest BCUT2D eigenvalue weighted by Gasteiger charge is -2.37. The zero-order valence-corrected chi connectivity index (χ0v) is 33.9. The van der Waals surface area contributed by atoms with Crippen LogP contribution in [-0.2, 0) is 0 Å². The molecule has 57 heavy (non-hydrogen) atoms. The van der Waals surface area contributed by atoms with Crippen LogP contribution in [0.5, 0.6) is 11.5 Å². The average molecular weight is 745 g/mol. The Balaban J connectivity index is 0.945. The van der Waals surface area contributed by atoms with Crippen LogP contribution in [0.3, 0.4) is 0 Å². The van der Waals surface area contributed by atoms with Gasteiger partial charge in [0.2, 0.25) is 0 Å². The zero-order chi connectivity index (χ0) is 36.9. The molecule has 1 heterocycles. The van der Waals surface area contributed by atoms with Gasteiger partial charge in [-0.25, -0.2) is 0 Å². The number of benzene rings is 5. The highest BCUT2D eigenvalue weighted by Crippen LogP contribution is 2.62. The van der Waals surface area contributed by atoms with Gasteiger partial charge in [-0.3, -0.25) is 0 Å². The van der Waals surface area contributed by atoms with Gasteiger partial charge >= 0.3 is 0 Å². The van der Waals surface area contributed by atoms with Crippen molar-refractivity contribution in [1.82, 2.24) is 0 Å². The molecular weight excluding hydrogens is 686 g/mol. The van der Waals surface area contributed by atoms with Crippen molar-refractivity contribution in [2.75, 3.05) is 0 Å². The number of hydrogen-bond acceptors (Lipinski definition) is 1. The third kappa shape index (κ3) is 4.96. The minimum absolute atomic E-state index is 0.698.